The molecule has 0 aliphatic rings. The number of hydrogen-bond donors (Lipinski definition) is 1. The number of nitrogens with one attached hydrogen (secondary N) is 1. The minimum Gasteiger partial charge on any atom is -0.429 e. The Morgan fingerprint density at radius 1 is 1.35 bits per heavy atom. The molecule has 1 aromatic carbocycles. The van der Waals surface area contributed by atoms with Gasteiger partial charge in [0.05, 0.1) is 5.39 Å². The summed E-state index contributed by atoms with van der Waals surface area (Å²) in [7, 11) is 0. The van der Waals surface area contributed by atoms with E-state index in [4.69, 9.17) is 4.42 Å². The van der Waals surface area contributed by atoms with Crippen molar-refractivity contribution < 1.29 is 13.2 Å². The Bertz CT molecular complexity index is 521. The molecule has 0 aliphatic heterocycles. The molecule has 0 bridgehead atoms. The first-order valence-electron chi connectivity index (χ1n) is 5.71. The molecule has 1 atom stereocenters. The largest absolute Gasteiger partial charge is 0.429 e. The van der Waals surface area contributed by atoms with Crippen LogP contribution in [0.25, 0.3) is 11.0 Å². The number of benzene rings is 1. The van der Waals surface area contributed by atoms with Gasteiger partial charge in [-0.3, -0.25) is 0 Å². The van der Waals surface area contributed by atoms with Gasteiger partial charge in [-0.2, -0.15) is 8.78 Å². The summed E-state index contributed by atoms with van der Waals surface area (Å²) < 4.78 is 30.8. The summed E-state index contributed by atoms with van der Waals surface area (Å²) in [4.78, 5) is 0. The van der Waals surface area contributed by atoms with Crippen LogP contribution < -0.4 is 5.32 Å². The highest BCUT2D eigenvalue weighted by Crippen LogP contribution is 2.24. The lowest BCUT2D eigenvalue weighted by Gasteiger charge is -2.11. The zero-order valence-electron chi connectivity index (χ0n) is 9.89. The van der Waals surface area contributed by atoms with E-state index in [1.54, 1.807) is 18.2 Å². The Balaban J connectivity index is 2.26. The molecule has 0 unspecified atom stereocenters. The summed E-state index contributed by atoms with van der Waals surface area (Å²) in [5.41, 5.74) is 1.26. The highest BCUT2D eigenvalue weighted by molar-refractivity contribution is 5.78. The molecule has 0 aliphatic carbocycles. The first-order valence-corrected chi connectivity index (χ1v) is 5.71. The molecule has 2 rings (SSSR count). The third-order valence-electron chi connectivity index (χ3n) is 2.75. The maximum absolute atomic E-state index is 13.2. The quantitative estimate of drug-likeness (QED) is 0.886. The highest BCUT2D eigenvalue weighted by Gasteiger charge is 2.14. The molecule has 4 heteroatoms. The van der Waals surface area contributed by atoms with Crippen molar-refractivity contribution in [2.75, 3.05) is 6.54 Å². The lowest BCUT2D eigenvalue weighted by atomic mass is 10.1. The fraction of sp³-hybridized carbons (Fsp3) is 0.385. The highest BCUT2D eigenvalue weighted by atomic mass is 19.2. The van der Waals surface area contributed by atoms with Gasteiger partial charge in [-0.15, -0.1) is 0 Å². The zero-order chi connectivity index (χ0) is 12.4. The number of hydrogen-bond acceptors (Lipinski definition) is 2. The fourth-order valence-electron chi connectivity index (χ4n) is 1.98. The average molecular weight is 239 g/mol. The van der Waals surface area contributed by atoms with E-state index in [9.17, 15) is 8.78 Å². The van der Waals surface area contributed by atoms with E-state index in [0.717, 1.165) is 18.5 Å². The van der Waals surface area contributed by atoms with Crippen LogP contribution in [0.15, 0.2) is 22.6 Å². The van der Waals surface area contributed by atoms with Gasteiger partial charge in [0.2, 0.25) is 5.82 Å². The molecule has 0 amide bonds. The summed E-state index contributed by atoms with van der Waals surface area (Å²) in [6, 6.07) is 4.23. The minimum absolute atomic E-state index is 0.197. The molecule has 92 valence electrons. The van der Waals surface area contributed by atoms with Crippen molar-refractivity contribution in [2.24, 2.45) is 0 Å². The van der Waals surface area contributed by atoms with Crippen LogP contribution in [0.4, 0.5) is 8.78 Å². The Labute approximate surface area is 98.6 Å². The molecule has 1 aromatic heterocycles. The molecule has 0 fully saturated rings. The fourth-order valence-corrected chi connectivity index (χ4v) is 1.98. The van der Waals surface area contributed by atoms with Crippen molar-refractivity contribution >= 4 is 11.0 Å². The summed E-state index contributed by atoms with van der Waals surface area (Å²) >= 11 is 0. The summed E-state index contributed by atoms with van der Waals surface area (Å²) in [5, 5.41) is 3.48. The molecule has 0 saturated carbocycles. The van der Waals surface area contributed by atoms with E-state index < -0.39 is 11.8 Å². The lowest BCUT2D eigenvalue weighted by Crippen LogP contribution is -2.27. The SMILES string of the molecule is CCN[C@H](C)Cc1ccc2c(F)c(F)oc2c1. The predicted octanol–water partition coefficient (Wildman–Crippen LogP) is 3.25. The van der Waals surface area contributed by atoms with Crippen LogP contribution in [0.5, 0.6) is 0 Å². The molecule has 0 radical (unpaired) electrons. The van der Waals surface area contributed by atoms with Crippen molar-refractivity contribution in [1.29, 1.82) is 0 Å². The molecular weight excluding hydrogens is 224 g/mol. The standard InChI is InChI=1S/C13H15F2NO/c1-3-16-8(2)6-9-4-5-10-11(7-9)17-13(15)12(10)14/h4-5,7-8,16H,3,6H2,1-2H3/t8-/m1/s1. The van der Waals surface area contributed by atoms with Gasteiger partial charge in [-0.25, -0.2) is 0 Å². The van der Waals surface area contributed by atoms with Crippen molar-refractivity contribution in [3.8, 4) is 0 Å². The van der Waals surface area contributed by atoms with Crippen molar-refractivity contribution in [1.82, 2.24) is 5.32 Å². The zero-order valence-corrected chi connectivity index (χ0v) is 9.89. The number of likely N-dealkylation sites (N-methyl/N-ethyl adjacent to an activating group) is 1. The van der Waals surface area contributed by atoms with Gasteiger partial charge in [0.1, 0.15) is 5.58 Å². The lowest BCUT2D eigenvalue weighted by molar-refractivity contribution is 0.342. The molecule has 17 heavy (non-hydrogen) atoms. The van der Waals surface area contributed by atoms with Crippen LogP contribution in [0.2, 0.25) is 0 Å². The van der Waals surface area contributed by atoms with E-state index in [2.05, 4.69) is 12.2 Å². The number of rotatable bonds is 4. The molecule has 0 saturated heterocycles. The monoisotopic (exact) mass is 239 g/mol. The van der Waals surface area contributed by atoms with Crippen LogP contribution in [0.3, 0.4) is 0 Å². The smallest absolute Gasteiger partial charge is 0.315 e. The predicted molar refractivity (Wildman–Crippen MR) is 63.0 cm³/mol. The van der Waals surface area contributed by atoms with E-state index in [1.807, 2.05) is 6.92 Å². The number of fused-ring (bicyclic) bond motifs is 1. The normalized spacial score (nSPS) is 13.2. The molecule has 0 spiro atoms. The minimum atomic E-state index is -1.14. The van der Waals surface area contributed by atoms with E-state index in [-0.39, 0.29) is 11.0 Å². The van der Waals surface area contributed by atoms with E-state index >= 15 is 0 Å². The van der Waals surface area contributed by atoms with Gasteiger partial charge >= 0.3 is 6.01 Å². The molecule has 2 nitrogen and oxygen atoms in total. The van der Waals surface area contributed by atoms with E-state index in [1.165, 1.54) is 0 Å². The second-order valence-electron chi connectivity index (χ2n) is 4.18. The Kier molecular flexibility index (Phi) is 3.43. The Hall–Kier alpha value is -1.42. The van der Waals surface area contributed by atoms with Crippen LogP contribution in [-0.2, 0) is 6.42 Å². The van der Waals surface area contributed by atoms with Gasteiger partial charge in [0.25, 0.3) is 0 Å². The number of halogens is 2. The van der Waals surface area contributed by atoms with E-state index in [0.29, 0.717) is 6.04 Å². The van der Waals surface area contributed by atoms with Gasteiger partial charge in [0, 0.05) is 6.04 Å². The molecular formula is C13H15F2NO. The van der Waals surface area contributed by atoms with Crippen molar-refractivity contribution in [3.05, 3.63) is 35.6 Å². The van der Waals surface area contributed by atoms with Gasteiger partial charge in [0.15, 0.2) is 0 Å². The van der Waals surface area contributed by atoms with Crippen LogP contribution in [0, 0.1) is 11.8 Å². The summed E-state index contributed by atoms with van der Waals surface area (Å²) in [6.07, 6.45) is 0.799. The average Bonchev–Trinajstić information content (AvgIpc) is 2.55. The Morgan fingerprint density at radius 3 is 2.82 bits per heavy atom. The molecule has 1 N–H and O–H groups in total. The summed E-state index contributed by atoms with van der Waals surface area (Å²) in [5.74, 6) is -0.911. The second-order valence-corrected chi connectivity index (χ2v) is 4.18. The molecule has 2 aromatic rings. The third kappa shape index (κ3) is 2.47. The van der Waals surface area contributed by atoms with Gasteiger partial charge in [-0.05, 0) is 37.6 Å². The first-order chi connectivity index (χ1) is 8.11. The van der Waals surface area contributed by atoms with Crippen LogP contribution in [-0.4, -0.2) is 12.6 Å². The van der Waals surface area contributed by atoms with Gasteiger partial charge in [-0.1, -0.05) is 13.0 Å². The first kappa shape index (κ1) is 12.0. The molecule has 1 heterocycles. The Morgan fingerprint density at radius 2 is 2.12 bits per heavy atom. The van der Waals surface area contributed by atoms with Crippen molar-refractivity contribution in [3.63, 3.8) is 0 Å². The third-order valence-corrected chi connectivity index (χ3v) is 2.75. The van der Waals surface area contributed by atoms with Gasteiger partial charge < -0.3 is 9.73 Å². The van der Waals surface area contributed by atoms with Crippen molar-refractivity contribution in [2.45, 2.75) is 26.3 Å². The van der Waals surface area contributed by atoms with Crippen LogP contribution >= 0.6 is 0 Å². The van der Waals surface area contributed by atoms with Crippen LogP contribution in [0.1, 0.15) is 19.4 Å². The summed E-state index contributed by atoms with van der Waals surface area (Å²) in [6.45, 7) is 5.00. The second kappa shape index (κ2) is 4.84. The maximum atomic E-state index is 13.2. The number of furan rings is 1. The maximum Gasteiger partial charge on any atom is 0.315 e. The topological polar surface area (TPSA) is 25.2 Å².